The van der Waals surface area contributed by atoms with E-state index in [1.54, 1.807) is 12.4 Å². The van der Waals surface area contributed by atoms with Crippen molar-refractivity contribution >= 4 is 17.5 Å². The van der Waals surface area contributed by atoms with Gasteiger partial charge in [-0.15, -0.1) is 11.6 Å². The normalized spacial score (nSPS) is 22.1. The van der Waals surface area contributed by atoms with E-state index in [0.29, 0.717) is 11.8 Å². The second-order valence-electron chi connectivity index (χ2n) is 4.66. The van der Waals surface area contributed by atoms with E-state index in [-0.39, 0.29) is 23.9 Å². The predicted molar refractivity (Wildman–Crippen MR) is 74.1 cm³/mol. The number of ether oxygens (including phenoxy) is 2. The number of carbonyl (C=O) groups is 1. The fourth-order valence-corrected chi connectivity index (χ4v) is 2.36. The zero-order valence-electron chi connectivity index (χ0n) is 11.3. The number of nitrogens with zero attached hydrogens (tertiary/aromatic N) is 2. The molecule has 0 saturated heterocycles. The third-order valence-corrected chi connectivity index (χ3v) is 3.51. The summed E-state index contributed by atoms with van der Waals surface area (Å²) in [7, 11) is 1.54. The zero-order chi connectivity index (χ0) is 14.4. The van der Waals surface area contributed by atoms with Crippen molar-refractivity contribution in [1.29, 1.82) is 0 Å². The van der Waals surface area contributed by atoms with Crippen LogP contribution in [0.25, 0.3) is 0 Å². The van der Waals surface area contributed by atoms with Crippen molar-refractivity contribution in [1.82, 2.24) is 15.3 Å². The number of hydrogen-bond acceptors (Lipinski definition) is 5. The molecule has 2 rings (SSSR count). The molecule has 1 N–H and O–H groups in total. The molecule has 1 amide bonds. The first kappa shape index (κ1) is 14.8. The minimum absolute atomic E-state index is 0.00717. The molecular formula is C13H18ClN3O3. The first-order valence-electron chi connectivity index (χ1n) is 6.60. The van der Waals surface area contributed by atoms with Gasteiger partial charge in [0, 0.05) is 18.4 Å². The van der Waals surface area contributed by atoms with Crippen LogP contribution in [0.15, 0.2) is 12.4 Å². The van der Waals surface area contributed by atoms with Crippen LogP contribution in [0, 0.1) is 0 Å². The van der Waals surface area contributed by atoms with Crippen LogP contribution in [0.2, 0.25) is 0 Å². The van der Waals surface area contributed by atoms with E-state index in [0.717, 1.165) is 25.7 Å². The lowest BCUT2D eigenvalue weighted by Gasteiger charge is -2.29. The largest absolute Gasteiger partial charge is 0.477 e. The molecule has 0 radical (unpaired) electrons. The van der Waals surface area contributed by atoms with Gasteiger partial charge in [-0.05, 0) is 25.7 Å². The number of amides is 1. The van der Waals surface area contributed by atoms with E-state index in [9.17, 15) is 4.79 Å². The fraction of sp³-hybridized carbons (Fsp3) is 0.615. The van der Waals surface area contributed by atoms with Crippen molar-refractivity contribution in [3.63, 3.8) is 0 Å². The van der Waals surface area contributed by atoms with E-state index in [4.69, 9.17) is 21.1 Å². The molecule has 1 aromatic rings. The zero-order valence-corrected chi connectivity index (χ0v) is 12.1. The third-order valence-electron chi connectivity index (χ3n) is 3.27. The minimum Gasteiger partial charge on any atom is -0.477 e. The van der Waals surface area contributed by atoms with Crippen molar-refractivity contribution in [2.24, 2.45) is 0 Å². The molecule has 1 aliphatic carbocycles. The summed E-state index contributed by atoms with van der Waals surface area (Å²) in [5.74, 6) is 0.702. The standard InChI is InChI=1S/C13H18ClN3O3/c1-19-12-13(16-7-6-15-12)20-10-4-2-9(3-5-10)17-11(18)8-14/h6-7,9-10H,2-5,8H2,1H3,(H,17,18). The second kappa shape index (κ2) is 7.28. The van der Waals surface area contributed by atoms with Crippen LogP contribution in [0.4, 0.5) is 0 Å². The summed E-state index contributed by atoms with van der Waals surface area (Å²) in [5.41, 5.74) is 0. The molecule has 20 heavy (non-hydrogen) atoms. The highest BCUT2D eigenvalue weighted by Crippen LogP contribution is 2.27. The molecule has 0 aromatic carbocycles. The molecule has 1 fully saturated rings. The number of nitrogens with one attached hydrogen (secondary N) is 1. The summed E-state index contributed by atoms with van der Waals surface area (Å²) in [6.45, 7) is 0. The molecule has 0 bridgehead atoms. The van der Waals surface area contributed by atoms with Gasteiger partial charge in [-0.2, -0.15) is 0 Å². The Bertz CT molecular complexity index is 450. The summed E-state index contributed by atoms with van der Waals surface area (Å²) in [4.78, 5) is 19.4. The maximum absolute atomic E-state index is 11.2. The maximum Gasteiger partial charge on any atom is 0.278 e. The van der Waals surface area contributed by atoms with Crippen LogP contribution in [-0.4, -0.2) is 41.0 Å². The van der Waals surface area contributed by atoms with E-state index in [2.05, 4.69) is 15.3 Å². The molecule has 110 valence electrons. The summed E-state index contributed by atoms with van der Waals surface area (Å²) < 4.78 is 10.9. The highest BCUT2D eigenvalue weighted by Gasteiger charge is 2.24. The van der Waals surface area contributed by atoms with Crippen LogP contribution in [-0.2, 0) is 4.79 Å². The highest BCUT2D eigenvalue weighted by atomic mass is 35.5. The van der Waals surface area contributed by atoms with Crippen LogP contribution in [0.3, 0.4) is 0 Å². The van der Waals surface area contributed by atoms with Gasteiger partial charge in [0.25, 0.3) is 11.8 Å². The van der Waals surface area contributed by atoms with Crippen molar-refractivity contribution in [3.8, 4) is 11.8 Å². The van der Waals surface area contributed by atoms with Gasteiger partial charge in [-0.25, -0.2) is 9.97 Å². The molecule has 1 aromatic heterocycles. The van der Waals surface area contributed by atoms with Gasteiger partial charge < -0.3 is 14.8 Å². The third kappa shape index (κ3) is 3.96. The number of alkyl halides is 1. The van der Waals surface area contributed by atoms with Crippen molar-refractivity contribution in [2.75, 3.05) is 13.0 Å². The monoisotopic (exact) mass is 299 g/mol. The average molecular weight is 300 g/mol. The molecule has 0 atom stereocenters. The van der Waals surface area contributed by atoms with Gasteiger partial charge in [0.1, 0.15) is 12.0 Å². The summed E-state index contributed by atoms with van der Waals surface area (Å²) in [5, 5.41) is 2.90. The van der Waals surface area contributed by atoms with Gasteiger partial charge in [-0.3, -0.25) is 4.79 Å². The Morgan fingerprint density at radius 1 is 1.30 bits per heavy atom. The van der Waals surface area contributed by atoms with E-state index >= 15 is 0 Å². The Hall–Kier alpha value is -1.56. The van der Waals surface area contributed by atoms with E-state index < -0.39 is 0 Å². The Balaban J connectivity index is 1.84. The number of rotatable bonds is 5. The smallest absolute Gasteiger partial charge is 0.278 e. The molecule has 1 aliphatic rings. The van der Waals surface area contributed by atoms with Crippen LogP contribution < -0.4 is 14.8 Å². The van der Waals surface area contributed by atoms with Crippen LogP contribution in [0.5, 0.6) is 11.8 Å². The van der Waals surface area contributed by atoms with Crippen molar-refractivity contribution in [3.05, 3.63) is 12.4 Å². The molecule has 6 nitrogen and oxygen atoms in total. The first-order valence-corrected chi connectivity index (χ1v) is 7.13. The Labute approximate surface area is 122 Å². The molecular weight excluding hydrogens is 282 g/mol. The molecule has 1 heterocycles. The average Bonchev–Trinajstić information content (AvgIpc) is 2.49. The maximum atomic E-state index is 11.2. The fourth-order valence-electron chi connectivity index (χ4n) is 2.28. The molecule has 7 heteroatoms. The number of aromatic nitrogens is 2. The minimum atomic E-state index is -0.119. The van der Waals surface area contributed by atoms with Crippen molar-refractivity contribution < 1.29 is 14.3 Å². The SMILES string of the molecule is COc1nccnc1OC1CCC(NC(=O)CCl)CC1. The summed E-state index contributed by atoms with van der Waals surface area (Å²) in [6, 6.07) is 0.185. The number of carbonyl (C=O) groups excluding carboxylic acids is 1. The molecule has 0 unspecified atom stereocenters. The Morgan fingerprint density at radius 3 is 2.55 bits per heavy atom. The van der Waals surface area contributed by atoms with Gasteiger partial charge in [0.15, 0.2) is 0 Å². The number of halogens is 1. The number of hydrogen-bond donors (Lipinski definition) is 1. The second-order valence-corrected chi connectivity index (χ2v) is 4.93. The van der Waals surface area contributed by atoms with E-state index in [1.807, 2.05) is 0 Å². The quantitative estimate of drug-likeness (QED) is 0.835. The predicted octanol–water partition coefficient (Wildman–Crippen LogP) is 1.53. The Kier molecular flexibility index (Phi) is 5.40. The van der Waals surface area contributed by atoms with Crippen LogP contribution >= 0.6 is 11.6 Å². The van der Waals surface area contributed by atoms with Crippen LogP contribution in [0.1, 0.15) is 25.7 Å². The lowest BCUT2D eigenvalue weighted by atomic mass is 9.93. The topological polar surface area (TPSA) is 73.3 Å². The lowest BCUT2D eigenvalue weighted by molar-refractivity contribution is -0.119. The summed E-state index contributed by atoms with van der Waals surface area (Å²) >= 11 is 5.47. The Morgan fingerprint density at radius 2 is 1.95 bits per heavy atom. The van der Waals surface area contributed by atoms with Gasteiger partial charge in [0.2, 0.25) is 5.91 Å². The molecule has 0 spiro atoms. The van der Waals surface area contributed by atoms with E-state index in [1.165, 1.54) is 7.11 Å². The summed E-state index contributed by atoms with van der Waals surface area (Å²) in [6.07, 6.45) is 6.66. The molecule has 1 saturated carbocycles. The van der Waals surface area contributed by atoms with Gasteiger partial charge in [0.05, 0.1) is 7.11 Å². The number of methoxy groups -OCH3 is 1. The first-order chi connectivity index (χ1) is 9.72. The van der Waals surface area contributed by atoms with Gasteiger partial charge >= 0.3 is 0 Å². The highest BCUT2D eigenvalue weighted by molar-refractivity contribution is 6.27. The van der Waals surface area contributed by atoms with Crippen molar-refractivity contribution in [2.45, 2.75) is 37.8 Å². The van der Waals surface area contributed by atoms with Gasteiger partial charge in [-0.1, -0.05) is 0 Å². The lowest BCUT2D eigenvalue weighted by Crippen LogP contribution is -2.40. The molecule has 0 aliphatic heterocycles.